The maximum absolute atomic E-state index is 11.2. The number of benzene rings is 1. The van der Waals surface area contributed by atoms with Crippen molar-refractivity contribution in [1.82, 2.24) is 25.6 Å². The molecule has 3 heterocycles. The molecule has 3 fully saturated rings. The van der Waals surface area contributed by atoms with E-state index in [0.717, 1.165) is 74.7 Å². The summed E-state index contributed by atoms with van der Waals surface area (Å²) >= 11 is 0. The lowest BCUT2D eigenvalue weighted by Gasteiger charge is -2.40. The molecule has 0 aromatic heterocycles. The highest BCUT2D eigenvalue weighted by Crippen LogP contribution is 2.24. The fourth-order valence-electron chi connectivity index (χ4n) is 6.01. The summed E-state index contributed by atoms with van der Waals surface area (Å²) < 4.78 is 0. The first-order chi connectivity index (χ1) is 19.6. The number of aryl methyl sites for hydroxylation is 1. The normalized spacial score (nSPS) is 19.4. The van der Waals surface area contributed by atoms with E-state index in [0.29, 0.717) is 19.4 Å². The highest BCUT2D eigenvalue weighted by atomic mass is 16.2. The molecule has 3 aliphatic heterocycles. The van der Waals surface area contributed by atoms with E-state index >= 15 is 0 Å². The molecule has 9 nitrogen and oxygen atoms in total. The number of piperidine rings is 2. The van der Waals surface area contributed by atoms with Gasteiger partial charge in [-0.3, -0.25) is 24.9 Å². The molecule has 2 amide bonds. The molecule has 0 bridgehead atoms. The molecule has 224 valence electrons. The molecule has 3 aliphatic rings. The van der Waals surface area contributed by atoms with Gasteiger partial charge in [-0.05, 0) is 100 Å². The van der Waals surface area contributed by atoms with Gasteiger partial charge in [-0.1, -0.05) is 19.4 Å². The second-order valence-corrected chi connectivity index (χ2v) is 11.6. The molecular weight excluding hydrogens is 504 g/mol. The maximum atomic E-state index is 11.2. The molecule has 0 atom stereocenters. The van der Waals surface area contributed by atoms with Crippen molar-refractivity contribution in [2.75, 3.05) is 70.3 Å². The minimum absolute atomic E-state index is 0.373. The van der Waals surface area contributed by atoms with Crippen LogP contribution in [0.5, 0.6) is 0 Å². The molecule has 0 spiro atoms. The SMILES string of the molecule is CCCCC=O.Cc1ccc(N2CCN(CC3CCN(CC4CCNCC4)CC3)CC2)cc1CN(C=O)NC=O. The lowest BCUT2D eigenvalue weighted by molar-refractivity contribution is -0.127. The molecule has 0 radical (unpaired) electrons. The monoisotopic (exact) mass is 556 g/mol. The lowest BCUT2D eigenvalue weighted by atomic mass is 9.93. The predicted octanol–water partition coefficient (Wildman–Crippen LogP) is 2.82. The van der Waals surface area contributed by atoms with Gasteiger partial charge in [0.05, 0.1) is 6.54 Å². The van der Waals surface area contributed by atoms with E-state index in [1.54, 1.807) is 0 Å². The highest BCUT2D eigenvalue weighted by Gasteiger charge is 2.26. The zero-order chi connectivity index (χ0) is 28.6. The van der Waals surface area contributed by atoms with E-state index < -0.39 is 0 Å². The van der Waals surface area contributed by atoms with Gasteiger partial charge in [0.15, 0.2) is 0 Å². The summed E-state index contributed by atoms with van der Waals surface area (Å²) in [6.45, 7) is 16.2. The number of hydrazine groups is 1. The number of rotatable bonds is 13. The first-order valence-corrected chi connectivity index (χ1v) is 15.4. The van der Waals surface area contributed by atoms with Gasteiger partial charge in [-0.15, -0.1) is 0 Å². The fraction of sp³-hybridized carbons (Fsp3) is 0.710. The number of nitrogens with zero attached hydrogens (tertiary/aromatic N) is 4. The van der Waals surface area contributed by atoms with Crippen LogP contribution in [0.15, 0.2) is 18.2 Å². The number of hydrogen-bond donors (Lipinski definition) is 2. The van der Waals surface area contributed by atoms with Crippen LogP contribution >= 0.6 is 0 Å². The lowest BCUT2D eigenvalue weighted by Crippen LogP contribution is -2.49. The van der Waals surface area contributed by atoms with Crippen LogP contribution < -0.4 is 15.6 Å². The Kier molecular flexibility index (Phi) is 14.4. The highest BCUT2D eigenvalue weighted by molar-refractivity contribution is 5.56. The number of nitrogens with one attached hydrogen (secondary N) is 2. The number of carbonyl (C=O) groups is 3. The number of unbranched alkanes of at least 4 members (excludes halogenated alkanes) is 2. The van der Waals surface area contributed by atoms with Gasteiger partial charge >= 0.3 is 0 Å². The van der Waals surface area contributed by atoms with Gasteiger partial charge in [0.2, 0.25) is 12.8 Å². The summed E-state index contributed by atoms with van der Waals surface area (Å²) in [5.74, 6) is 1.73. The van der Waals surface area contributed by atoms with Crippen molar-refractivity contribution in [3.8, 4) is 0 Å². The van der Waals surface area contributed by atoms with E-state index in [9.17, 15) is 14.4 Å². The standard InChI is InChI=1S/C26H42N6O2.C5H10O/c1-22-2-3-26(16-25(22)19-32(21-34)28-20-33)31-14-12-30(13-15-31)18-24-6-10-29(11-7-24)17-23-4-8-27-9-5-23;1-2-3-4-5-6/h2-3,16,20-21,23-24,27H,4-15,17-19H2,1H3,(H,28,33);5H,2-4H2,1H3. The Morgan fingerprint density at radius 3 is 2.15 bits per heavy atom. The Balaban J connectivity index is 0.000000663. The van der Waals surface area contributed by atoms with Crippen LogP contribution in [0, 0.1) is 18.8 Å². The van der Waals surface area contributed by atoms with Crippen molar-refractivity contribution >= 4 is 24.8 Å². The van der Waals surface area contributed by atoms with Crippen LogP contribution in [-0.4, -0.2) is 99.4 Å². The van der Waals surface area contributed by atoms with Crippen molar-refractivity contribution in [2.45, 2.75) is 65.3 Å². The topological polar surface area (TPSA) is 88.2 Å². The molecule has 2 N–H and O–H groups in total. The van der Waals surface area contributed by atoms with E-state index in [1.165, 1.54) is 75.6 Å². The van der Waals surface area contributed by atoms with Crippen LogP contribution in [0.25, 0.3) is 0 Å². The summed E-state index contributed by atoms with van der Waals surface area (Å²) in [6.07, 6.45) is 10.4. The quantitative estimate of drug-likeness (QED) is 0.219. The second-order valence-electron chi connectivity index (χ2n) is 11.6. The van der Waals surface area contributed by atoms with Gasteiger partial charge in [0, 0.05) is 51.4 Å². The molecule has 1 aromatic rings. The molecule has 4 rings (SSSR count). The average Bonchev–Trinajstić information content (AvgIpc) is 2.99. The third-order valence-electron chi connectivity index (χ3n) is 8.63. The van der Waals surface area contributed by atoms with Crippen LogP contribution in [0.1, 0.15) is 63.0 Å². The first-order valence-electron chi connectivity index (χ1n) is 15.4. The van der Waals surface area contributed by atoms with Gasteiger partial charge in [-0.2, -0.15) is 0 Å². The number of hydrogen-bond acceptors (Lipinski definition) is 7. The molecule has 40 heavy (non-hydrogen) atoms. The van der Waals surface area contributed by atoms with Crippen molar-refractivity contribution in [3.05, 3.63) is 29.3 Å². The fourth-order valence-corrected chi connectivity index (χ4v) is 6.01. The Morgan fingerprint density at radius 2 is 1.57 bits per heavy atom. The van der Waals surface area contributed by atoms with Gasteiger partial charge < -0.3 is 19.9 Å². The van der Waals surface area contributed by atoms with Crippen molar-refractivity contribution in [2.24, 2.45) is 11.8 Å². The molecule has 3 saturated heterocycles. The summed E-state index contributed by atoms with van der Waals surface area (Å²) in [7, 11) is 0. The summed E-state index contributed by atoms with van der Waals surface area (Å²) in [5, 5.41) is 4.75. The number of aldehydes is 1. The van der Waals surface area contributed by atoms with E-state index in [2.05, 4.69) is 50.6 Å². The largest absolute Gasteiger partial charge is 0.369 e. The Morgan fingerprint density at radius 1 is 0.925 bits per heavy atom. The number of piperazine rings is 1. The number of likely N-dealkylation sites (tertiary alicyclic amines) is 1. The van der Waals surface area contributed by atoms with E-state index in [4.69, 9.17) is 0 Å². The average molecular weight is 557 g/mol. The number of amides is 2. The van der Waals surface area contributed by atoms with Crippen molar-refractivity contribution in [1.29, 1.82) is 0 Å². The van der Waals surface area contributed by atoms with Crippen LogP contribution in [0.2, 0.25) is 0 Å². The minimum Gasteiger partial charge on any atom is -0.369 e. The maximum Gasteiger partial charge on any atom is 0.228 e. The zero-order valence-electron chi connectivity index (χ0n) is 24.9. The molecular formula is C31H52N6O3. The second kappa shape index (κ2) is 18.0. The van der Waals surface area contributed by atoms with Crippen molar-refractivity contribution < 1.29 is 14.4 Å². The van der Waals surface area contributed by atoms with Crippen LogP contribution in [0.4, 0.5) is 5.69 Å². The Bertz CT molecular complexity index is 878. The molecule has 0 aliphatic carbocycles. The van der Waals surface area contributed by atoms with Crippen LogP contribution in [-0.2, 0) is 20.9 Å². The molecule has 1 aromatic carbocycles. The third-order valence-corrected chi connectivity index (χ3v) is 8.63. The van der Waals surface area contributed by atoms with Crippen molar-refractivity contribution in [3.63, 3.8) is 0 Å². The number of carbonyl (C=O) groups excluding carboxylic acids is 3. The zero-order valence-corrected chi connectivity index (χ0v) is 24.9. The predicted molar refractivity (Wildman–Crippen MR) is 161 cm³/mol. The first kappa shape index (κ1) is 32.0. The molecule has 0 saturated carbocycles. The molecule has 0 unspecified atom stereocenters. The molecule has 9 heteroatoms. The third kappa shape index (κ3) is 10.8. The van der Waals surface area contributed by atoms with E-state index in [1.807, 2.05) is 6.92 Å². The van der Waals surface area contributed by atoms with Gasteiger partial charge in [0.25, 0.3) is 0 Å². The Hall–Kier alpha value is -2.49. The summed E-state index contributed by atoms with van der Waals surface area (Å²) in [4.78, 5) is 39.3. The van der Waals surface area contributed by atoms with E-state index in [-0.39, 0.29) is 0 Å². The number of anilines is 1. The smallest absolute Gasteiger partial charge is 0.228 e. The van der Waals surface area contributed by atoms with Gasteiger partial charge in [-0.25, -0.2) is 0 Å². The minimum atomic E-state index is 0.373. The Labute approximate surface area is 241 Å². The van der Waals surface area contributed by atoms with Gasteiger partial charge in [0.1, 0.15) is 6.29 Å². The summed E-state index contributed by atoms with van der Waals surface area (Å²) in [5.41, 5.74) is 5.80. The summed E-state index contributed by atoms with van der Waals surface area (Å²) in [6, 6.07) is 6.44. The van der Waals surface area contributed by atoms with Crippen LogP contribution in [0.3, 0.4) is 0 Å².